The van der Waals surface area contributed by atoms with Crippen molar-refractivity contribution in [1.29, 1.82) is 0 Å². The number of ether oxygens (including phenoxy) is 2. The summed E-state index contributed by atoms with van der Waals surface area (Å²) in [6.45, 7) is 5.52. The molecule has 2 N–H and O–H groups in total. The van der Waals surface area contributed by atoms with Crippen LogP contribution in [0.2, 0.25) is 0 Å². The van der Waals surface area contributed by atoms with Crippen LogP contribution in [-0.4, -0.2) is 46.6 Å². The number of aromatic nitrogens is 2. The van der Waals surface area contributed by atoms with E-state index in [1.807, 2.05) is 72.0 Å². The van der Waals surface area contributed by atoms with Gasteiger partial charge in [0, 0.05) is 30.9 Å². The maximum absolute atomic E-state index is 13.1. The molecule has 1 atom stereocenters. The van der Waals surface area contributed by atoms with E-state index in [0.717, 1.165) is 59.3 Å². The van der Waals surface area contributed by atoms with Gasteiger partial charge in [-0.05, 0) is 51.0 Å². The van der Waals surface area contributed by atoms with Crippen molar-refractivity contribution in [1.82, 2.24) is 14.7 Å². The number of anilines is 2. The normalized spacial score (nSPS) is 17.3. The smallest absolute Gasteiger partial charge is 0.322 e. The summed E-state index contributed by atoms with van der Waals surface area (Å²) in [6, 6.07) is 15.9. The molecule has 5 rings (SSSR count). The third-order valence-corrected chi connectivity index (χ3v) is 5.98. The molecule has 0 bridgehead atoms. The minimum Gasteiger partial charge on any atom is -0.454 e. The van der Waals surface area contributed by atoms with Gasteiger partial charge in [-0.15, -0.1) is 0 Å². The second-order valence-corrected chi connectivity index (χ2v) is 8.22. The van der Waals surface area contributed by atoms with E-state index in [-0.39, 0.29) is 18.9 Å². The molecule has 0 saturated carbocycles. The van der Waals surface area contributed by atoms with Gasteiger partial charge in [-0.2, -0.15) is 5.10 Å². The summed E-state index contributed by atoms with van der Waals surface area (Å²) in [7, 11) is 0. The fraction of sp³-hybridized carbons (Fsp3) is 0.333. The number of benzene rings is 2. The van der Waals surface area contributed by atoms with Gasteiger partial charge in [0.1, 0.15) is 0 Å². The number of para-hydroxylation sites is 1. The zero-order valence-corrected chi connectivity index (χ0v) is 18.3. The summed E-state index contributed by atoms with van der Waals surface area (Å²) in [6.07, 6.45) is 1.94. The highest BCUT2D eigenvalue weighted by atomic mass is 16.7. The SMILES string of the molecule is Cc1nn(-c2ccccc2)c(C)c1NC(=O)N1CCCC(Nc2ccc3c(c2)OCO3)C1. The fourth-order valence-corrected chi connectivity index (χ4v) is 4.33. The number of piperidine rings is 1. The topological polar surface area (TPSA) is 80.7 Å². The first kappa shape index (κ1) is 20.2. The predicted molar refractivity (Wildman–Crippen MR) is 123 cm³/mol. The van der Waals surface area contributed by atoms with Crippen molar-refractivity contribution in [2.45, 2.75) is 32.7 Å². The highest BCUT2D eigenvalue weighted by Crippen LogP contribution is 2.34. The molecule has 1 fully saturated rings. The monoisotopic (exact) mass is 433 g/mol. The largest absolute Gasteiger partial charge is 0.454 e. The van der Waals surface area contributed by atoms with Crippen LogP contribution in [0.4, 0.5) is 16.2 Å². The molecule has 2 aliphatic heterocycles. The Labute approximate surface area is 187 Å². The van der Waals surface area contributed by atoms with Gasteiger partial charge in [-0.1, -0.05) is 18.2 Å². The number of carbonyl (C=O) groups excluding carboxylic acids is 1. The fourth-order valence-electron chi connectivity index (χ4n) is 4.33. The third kappa shape index (κ3) is 3.95. The predicted octanol–water partition coefficient (Wildman–Crippen LogP) is 4.33. The molecule has 2 aromatic carbocycles. The van der Waals surface area contributed by atoms with E-state index in [2.05, 4.69) is 15.7 Å². The summed E-state index contributed by atoms with van der Waals surface area (Å²) in [5.74, 6) is 1.52. The number of hydrogen-bond acceptors (Lipinski definition) is 5. The van der Waals surface area contributed by atoms with Gasteiger partial charge >= 0.3 is 6.03 Å². The summed E-state index contributed by atoms with van der Waals surface area (Å²) in [4.78, 5) is 15.0. The average Bonchev–Trinajstić information content (AvgIpc) is 3.39. The Balaban J connectivity index is 1.25. The van der Waals surface area contributed by atoms with Crippen LogP contribution >= 0.6 is 0 Å². The van der Waals surface area contributed by atoms with Gasteiger partial charge in [0.25, 0.3) is 0 Å². The molecule has 1 saturated heterocycles. The molecule has 3 aromatic rings. The molecule has 0 spiro atoms. The maximum Gasteiger partial charge on any atom is 0.322 e. The van der Waals surface area contributed by atoms with Crippen LogP contribution in [0.5, 0.6) is 11.5 Å². The number of aryl methyl sites for hydroxylation is 1. The molecule has 1 unspecified atom stereocenters. The minimum absolute atomic E-state index is 0.0963. The highest BCUT2D eigenvalue weighted by molar-refractivity contribution is 5.90. The lowest BCUT2D eigenvalue weighted by molar-refractivity contribution is 0.174. The Morgan fingerprint density at radius 3 is 2.75 bits per heavy atom. The number of nitrogens with one attached hydrogen (secondary N) is 2. The molecule has 0 radical (unpaired) electrons. The first-order valence-corrected chi connectivity index (χ1v) is 10.9. The van der Waals surface area contributed by atoms with Gasteiger partial charge in [0.05, 0.1) is 22.8 Å². The summed E-state index contributed by atoms with van der Waals surface area (Å²) < 4.78 is 12.7. The van der Waals surface area contributed by atoms with Crippen molar-refractivity contribution >= 4 is 17.4 Å². The lowest BCUT2D eigenvalue weighted by Gasteiger charge is -2.33. The first-order valence-electron chi connectivity index (χ1n) is 10.9. The van der Waals surface area contributed by atoms with Crippen LogP contribution in [0.1, 0.15) is 24.2 Å². The standard InChI is InChI=1S/C24H27N5O3/c1-16-23(17(2)29(27-16)20-8-4-3-5-9-20)26-24(30)28-12-6-7-19(14-28)25-18-10-11-21-22(13-18)32-15-31-21/h3-5,8-11,13,19,25H,6-7,12,14-15H2,1-2H3,(H,26,30). The van der Waals surface area contributed by atoms with Gasteiger partial charge in [-0.25, -0.2) is 9.48 Å². The summed E-state index contributed by atoms with van der Waals surface area (Å²) >= 11 is 0. The van der Waals surface area contributed by atoms with Crippen molar-refractivity contribution in [3.8, 4) is 17.2 Å². The second-order valence-electron chi connectivity index (χ2n) is 8.22. The number of hydrogen-bond donors (Lipinski definition) is 2. The molecule has 32 heavy (non-hydrogen) atoms. The van der Waals surface area contributed by atoms with Crippen LogP contribution in [0.15, 0.2) is 48.5 Å². The quantitative estimate of drug-likeness (QED) is 0.640. The number of carbonyl (C=O) groups is 1. The van der Waals surface area contributed by atoms with Gasteiger partial charge in [0.15, 0.2) is 11.5 Å². The van der Waals surface area contributed by atoms with Crippen molar-refractivity contribution in [3.63, 3.8) is 0 Å². The van der Waals surface area contributed by atoms with Crippen LogP contribution in [-0.2, 0) is 0 Å². The van der Waals surface area contributed by atoms with Crippen molar-refractivity contribution in [3.05, 3.63) is 59.9 Å². The lowest BCUT2D eigenvalue weighted by atomic mass is 10.1. The van der Waals surface area contributed by atoms with E-state index >= 15 is 0 Å². The molecule has 0 aliphatic carbocycles. The van der Waals surface area contributed by atoms with Gasteiger partial charge in [-0.3, -0.25) is 0 Å². The Morgan fingerprint density at radius 2 is 1.91 bits per heavy atom. The molecule has 2 aliphatic rings. The lowest BCUT2D eigenvalue weighted by Crippen LogP contribution is -2.46. The number of likely N-dealkylation sites (tertiary alicyclic amines) is 1. The second kappa shape index (κ2) is 8.45. The number of fused-ring (bicyclic) bond motifs is 1. The number of amides is 2. The Morgan fingerprint density at radius 1 is 1.09 bits per heavy atom. The van der Waals surface area contributed by atoms with Crippen molar-refractivity contribution in [2.75, 3.05) is 30.5 Å². The summed E-state index contributed by atoms with van der Waals surface area (Å²) in [5, 5.41) is 11.3. The molecule has 3 heterocycles. The van der Waals surface area contributed by atoms with E-state index in [4.69, 9.17) is 9.47 Å². The molecule has 166 valence electrons. The molecule has 2 amide bonds. The molecule has 8 nitrogen and oxygen atoms in total. The Kier molecular flexibility index (Phi) is 5.34. The minimum atomic E-state index is -0.0963. The van der Waals surface area contributed by atoms with E-state index in [1.165, 1.54) is 0 Å². The van der Waals surface area contributed by atoms with Crippen LogP contribution < -0.4 is 20.1 Å². The molecule has 8 heteroatoms. The first-order chi connectivity index (χ1) is 15.6. The van der Waals surface area contributed by atoms with Gasteiger partial charge in [0.2, 0.25) is 6.79 Å². The third-order valence-electron chi connectivity index (χ3n) is 5.98. The maximum atomic E-state index is 13.1. The Bertz CT molecular complexity index is 1130. The Hall–Kier alpha value is -3.68. The van der Waals surface area contributed by atoms with Crippen LogP contribution in [0.3, 0.4) is 0 Å². The van der Waals surface area contributed by atoms with E-state index in [0.29, 0.717) is 6.54 Å². The van der Waals surface area contributed by atoms with Crippen molar-refractivity contribution in [2.24, 2.45) is 0 Å². The van der Waals surface area contributed by atoms with Crippen LogP contribution in [0, 0.1) is 13.8 Å². The number of rotatable bonds is 4. The zero-order chi connectivity index (χ0) is 22.1. The molecule has 1 aromatic heterocycles. The van der Waals surface area contributed by atoms with E-state index in [9.17, 15) is 4.79 Å². The van der Waals surface area contributed by atoms with E-state index < -0.39 is 0 Å². The molecular formula is C24H27N5O3. The molecular weight excluding hydrogens is 406 g/mol. The number of urea groups is 1. The van der Waals surface area contributed by atoms with Crippen molar-refractivity contribution < 1.29 is 14.3 Å². The van der Waals surface area contributed by atoms with Gasteiger partial charge < -0.3 is 25.0 Å². The zero-order valence-electron chi connectivity index (χ0n) is 18.3. The summed E-state index contributed by atoms with van der Waals surface area (Å²) in [5.41, 5.74) is 4.42. The number of nitrogens with zero attached hydrogens (tertiary/aromatic N) is 3. The van der Waals surface area contributed by atoms with E-state index in [1.54, 1.807) is 0 Å². The average molecular weight is 434 g/mol. The highest BCUT2D eigenvalue weighted by Gasteiger charge is 2.26. The van der Waals surface area contributed by atoms with Crippen LogP contribution in [0.25, 0.3) is 5.69 Å².